The van der Waals surface area contributed by atoms with Crippen LogP contribution in [0, 0.1) is 5.92 Å². The predicted octanol–water partition coefficient (Wildman–Crippen LogP) is 2.83. The lowest BCUT2D eigenvalue weighted by Crippen LogP contribution is -2.59. The molecule has 2 fully saturated rings. The molecule has 0 spiro atoms. The number of carbonyl (C=O) groups excluding carboxylic acids is 1. The largest absolute Gasteiger partial charge is 0.493 e. The van der Waals surface area contributed by atoms with Crippen molar-refractivity contribution in [1.82, 2.24) is 10.8 Å². The van der Waals surface area contributed by atoms with Crippen molar-refractivity contribution in [3.8, 4) is 16.9 Å². The summed E-state index contributed by atoms with van der Waals surface area (Å²) in [6, 6.07) is 15.9. The highest BCUT2D eigenvalue weighted by Crippen LogP contribution is 2.28. The molecule has 8 nitrogen and oxygen atoms in total. The Balaban J connectivity index is 1.32. The van der Waals surface area contributed by atoms with E-state index in [1.54, 1.807) is 5.48 Å². The maximum Gasteiger partial charge on any atom is 0.263 e. The van der Waals surface area contributed by atoms with Gasteiger partial charge in [-0.25, -0.2) is 13.9 Å². The fraction of sp³-hybridized carbons (Fsp3) is 0.500. The third-order valence-corrected chi connectivity index (χ3v) is 8.94. The number of nitrogens with one attached hydrogen (secondary N) is 2. The summed E-state index contributed by atoms with van der Waals surface area (Å²) in [6.45, 7) is 1.05. The van der Waals surface area contributed by atoms with Crippen LogP contribution in [0.3, 0.4) is 0 Å². The van der Waals surface area contributed by atoms with E-state index in [2.05, 4.69) is 5.32 Å². The second-order valence-corrected chi connectivity index (χ2v) is 12.0. The van der Waals surface area contributed by atoms with Gasteiger partial charge in [0.2, 0.25) is 0 Å². The number of carbonyl (C=O) groups is 1. The molecule has 35 heavy (non-hydrogen) atoms. The standard InChI is InChI=1S/C26H34N2O6S/c29-23-9-3-20(4-10-23)18-34-24-11-7-22(8-12-24)21-5-1-19(2-6-21)17-27-26(25(30)28-31)13-15-35(32,33)16-14-26/h1-2,5-8,11-12,20,23,27,29,31H,3-4,9-10,13-18H2,(H,28,30). The number of hydrogen-bond donors (Lipinski definition) is 4. The van der Waals surface area contributed by atoms with Crippen LogP contribution >= 0.6 is 0 Å². The molecule has 4 N–H and O–H groups in total. The Morgan fingerprint density at radius 2 is 1.51 bits per heavy atom. The zero-order valence-corrected chi connectivity index (χ0v) is 20.6. The molecule has 0 unspecified atom stereocenters. The summed E-state index contributed by atoms with van der Waals surface area (Å²) >= 11 is 0. The number of amides is 1. The van der Waals surface area contributed by atoms with Gasteiger partial charge in [0, 0.05) is 6.54 Å². The molecule has 4 rings (SSSR count). The van der Waals surface area contributed by atoms with Crippen LogP contribution in [-0.2, 0) is 21.2 Å². The van der Waals surface area contributed by atoms with Gasteiger partial charge in [-0.2, -0.15) is 0 Å². The van der Waals surface area contributed by atoms with E-state index < -0.39 is 21.3 Å². The van der Waals surface area contributed by atoms with Gasteiger partial charge in [-0.05, 0) is 73.3 Å². The van der Waals surface area contributed by atoms with Crippen molar-refractivity contribution >= 4 is 15.7 Å². The summed E-state index contributed by atoms with van der Waals surface area (Å²) in [5.74, 6) is 0.556. The average Bonchev–Trinajstić information content (AvgIpc) is 2.88. The Kier molecular flexibility index (Phi) is 8.11. The summed E-state index contributed by atoms with van der Waals surface area (Å²) in [4.78, 5) is 12.3. The van der Waals surface area contributed by atoms with E-state index in [1.807, 2.05) is 48.5 Å². The van der Waals surface area contributed by atoms with Crippen molar-refractivity contribution in [2.75, 3.05) is 18.1 Å². The van der Waals surface area contributed by atoms with Crippen LogP contribution < -0.4 is 15.5 Å². The van der Waals surface area contributed by atoms with Crippen LogP contribution in [0.5, 0.6) is 5.75 Å². The molecule has 9 heteroatoms. The molecule has 0 radical (unpaired) electrons. The Morgan fingerprint density at radius 3 is 2.09 bits per heavy atom. The lowest BCUT2D eigenvalue weighted by atomic mass is 9.88. The maximum absolute atomic E-state index is 12.3. The number of aliphatic hydroxyl groups excluding tert-OH is 1. The van der Waals surface area contributed by atoms with Gasteiger partial charge in [0.1, 0.15) is 21.1 Å². The number of rotatable bonds is 8. The molecular weight excluding hydrogens is 468 g/mol. The normalized spacial score (nSPS) is 23.4. The third-order valence-electron chi connectivity index (χ3n) is 7.29. The third kappa shape index (κ3) is 6.61. The fourth-order valence-electron chi connectivity index (χ4n) is 4.83. The minimum Gasteiger partial charge on any atom is -0.493 e. The number of sulfone groups is 1. The first-order chi connectivity index (χ1) is 16.8. The highest BCUT2D eigenvalue weighted by atomic mass is 32.2. The first-order valence-electron chi connectivity index (χ1n) is 12.2. The van der Waals surface area contributed by atoms with Crippen molar-refractivity contribution in [3.63, 3.8) is 0 Å². The molecule has 2 aromatic carbocycles. The van der Waals surface area contributed by atoms with Gasteiger partial charge < -0.3 is 9.84 Å². The molecule has 1 saturated heterocycles. The number of benzene rings is 2. The molecule has 190 valence electrons. The predicted molar refractivity (Wildman–Crippen MR) is 133 cm³/mol. The Labute approximate surface area is 206 Å². The van der Waals surface area contributed by atoms with E-state index in [4.69, 9.17) is 9.94 Å². The summed E-state index contributed by atoms with van der Waals surface area (Å²) < 4.78 is 29.5. The van der Waals surface area contributed by atoms with Crippen molar-refractivity contribution < 1.29 is 28.3 Å². The smallest absolute Gasteiger partial charge is 0.263 e. The molecule has 1 saturated carbocycles. The quantitative estimate of drug-likeness (QED) is 0.323. The van der Waals surface area contributed by atoms with Crippen LogP contribution in [0.2, 0.25) is 0 Å². The van der Waals surface area contributed by atoms with E-state index in [0.717, 1.165) is 48.1 Å². The Bertz CT molecular complexity index is 1080. The second kappa shape index (κ2) is 11.1. The van der Waals surface area contributed by atoms with Gasteiger partial charge in [-0.3, -0.25) is 15.3 Å². The SMILES string of the molecule is O=C(NO)C1(NCc2ccc(-c3ccc(OCC4CCC(O)CC4)cc3)cc2)CCS(=O)(=O)CC1. The Morgan fingerprint density at radius 1 is 0.943 bits per heavy atom. The van der Waals surface area contributed by atoms with Crippen LogP contribution in [0.4, 0.5) is 0 Å². The van der Waals surface area contributed by atoms with Crippen LogP contribution in [0.15, 0.2) is 48.5 Å². The van der Waals surface area contributed by atoms with Gasteiger partial charge in [-0.1, -0.05) is 36.4 Å². The minimum atomic E-state index is -3.15. The van der Waals surface area contributed by atoms with Gasteiger partial charge in [0.05, 0.1) is 24.2 Å². The molecule has 1 aliphatic heterocycles. The Hall–Kier alpha value is -2.46. The molecular formula is C26H34N2O6S. The number of hydrogen-bond acceptors (Lipinski definition) is 7. The second-order valence-electron chi connectivity index (χ2n) is 9.74. The maximum atomic E-state index is 12.3. The molecule has 0 aromatic heterocycles. The fourth-order valence-corrected chi connectivity index (χ4v) is 6.36. The van der Waals surface area contributed by atoms with Crippen molar-refractivity contribution in [2.24, 2.45) is 5.92 Å². The lowest BCUT2D eigenvalue weighted by Gasteiger charge is -2.35. The monoisotopic (exact) mass is 502 g/mol. The number of ether oxygens (including phenoxy) is 1. The van der Waals surface area contributed by atoms with E-state index in [9.17, 15) is 18.3 Å². The topological polar surface area (TPSA) is 125 Å². The van der Waals surface area contributed by atoms with Crippen LogP contribution in [0.1, 0.15) is 44.1 Å². The highest BCUT2D eigenvalue weighted by molar-refractivity contribution is 7.91. The zero-order valence-electron chi connectivity index (χ0n) is 19.8. The van der Waals surface area contributed by atoms with Gasteiger partial charge >= 0.3 is 0 Å². The van der Waals surface area contributed by atoms with Gasteiger partial charge in [-0.15, -0.1) is 0 Å². The molecule has 2 aromatic rings. The summed E-state index contributed by atoms with van der Waals surface area (Å²) in [5, 5.41) is 22.0. The lowest BCUT2D eigenvalue weighted by molar-refractivity contribution is -0.136. The van der Waals surface area contributed by atoms with E-state index in [1.165, 1.54) is 0 Å². The first-order valence-corrected chi connectivity index (χ1v) is 14.0. The summed E-state index contributed by atoms with van der Waals surface area (Å²) in [5.41, 5.74) is 3.64. The molecule has 1 heterocycles. The first kappa shape index (κ1) is 25.6. The molecule has 0 bridgehead atoms. The van der Waals surface area contributed by atoms with Crippen molar-refractivity contribution in [2.45, 2.75) is 56.7 Å². The molecule has 2 aliphatic rings. The van der Waals surface area contributed by atoms with E-state index >= 15 is 0 Å². The number of aliphatic hydroxyl groups is 1. The molecule has 1 aliphatic carbocycles. The molecule has 0 atom stereocenters. The van der Waals surface area contributed by atoms with Crippen LogP contribution in [0.25, 0.3) is 11.1 Å². The van der Waals surface area contributed by atoms with Gasteiger partial charge in [0.25, 0.3) is 5.91 Å². The van der Waals surface area contributed by atoms with Crippen molar-refractivity contribution in [1.29, 1.82) is 0 Å². The van der Waals surface area contributed by atoms with E-state index in [-0.39, 0.29) is 30.5 Å². The van der Waals surface area contributed by atoms with Crippen LogP contribution in [-0.4, -0.2) is 54.4 Å². The van der Waals surface area contributed by atoms with Gasteiger partial charge in [0.15, 0.2) is 0 Å². The zero-order chi connectivity index (χ0) is 24.9. The number of hydroxylamine groups is 1. The summed E-state index contributed by atoms with van der Waals surface area (Å²) in [7, 11) is -3.15. The van der Waals surface area contributed by atoms with Crippen molar-refractivity contribution in [3.05, 3.63) is 54.1 Å². The molecule has 1 amide bonds. The minimum absolute atomic E-state index is 0.0875. The van der Waals surface area contributed by atoms with E-state index in [0.29, 0.717) is 19.1 Å². The average molecular weight is 503 g/mol. The summed E-state index contributed by atoms with van der Waals surface area (Å²) in [6.07, 6.45) is 3.82. The highest BCUT2D eigenvalue weighted by Gasteiger charge is 2.43.